The number of fused-ring (bicyclic) bond motifs is 2. The molecule has 3 atom stereocenters. The third-order valence-electron chi connectivity index (χ3n) is 6.45. The minimum Gasteiger partial charge on any atom is -0.324 e. The largest absolute Gasteiger partial charge is 0.324 e. The summed E-state index contributed by atoms with van der Waals surface area (Å²) in [6.45, 7) is 2.61. The molecule has 1 saturated carbocycles. The monoisotopic (exact) mass is 468 g/mol. The molecule has 2 heterocycles. The first-order valence-corrected chi connectivity index (χ1v) is 11.2. The molecule has 5 rings (SSSR count). The summed E-state index contributed by atoms with van der Waals surface area (Å²) in [5.74, 6) is 0.626. The van der Waals surface area contributed by atoms with Crippen molar-refractivity contribution in [1.29, 1.82) is 0 Å². The molecule has 0 radical (unpaired) electrons. The van der Waals surface area contributed by atoms with Gasteiger partial charge in [-0.2, -0.15) is 0 Å². The summed E-state index contributed by atoms with van der Waals surface area (Å²) in [6, 6.07) is 13.0. The Labute approximate surface area is 184 Å². The van der Waals surface area contributed by atoms with Crippen molar-refractivity contribution >= 4 is 39.2 Å². The molecular weight excluding hydrogens is 444 g/mol. The molecule has 0 aromatic heterocycles. The van der Waals surface area contributed by atoms with Gasteiger partial charge in [-0.3, -0.25) is 4.79 Å². The molecule has 3 amide bonds. The van der Waals surface area contributed by atoms with Crippen LogP contribution in [0.1, 0.15) is 17.5 Å². The van der Waals surface area contributed by atoms with Crippen molar-refractivity contribution < 1.29 is 9.59 Å². The standard InChI is InChI=1S/C23H25BrN4O2/c1-27-9-8-14-10-19(5-2-15(14)12-27)25-22(29)21-20-11-16(20)13-28(21)23(30)26-18-6-3-17(24)4-7-18/h2-7,10,16,20-21H,8-9,11-13H2,1H3,(H,25,29)(H,26,30)/t16?,20?,21-/m1/s1. The van der Waals surface area contributed by atoms with Crippen LogP contribution in [0.3, 0.4) is 0 Å². The highest BCUT2D eigenvalue weighted by Crippen LogP contribution is 2.50. The molecule has 156 valence electrons. The molecule has 30 heavy (non-hydrogen) atoms. The zero-order valence-electron chi connectivity index (χ0n) is 16.9. The van der Waals surface area contributed by atoms with E-state index >= 15 is 0 Å². The van der Waals surface area contributed by atoms with E-state index in [9.17, 15) is 9.59 Å². The zero-order valence-corrected chi connectivity index (χ0v) is 18.5. The molecule has 0 bridgehead atoms. The van der Waals surface area contributed by atoms with Crippen LogP contribution in [0.25, 0.3) is 0 Å². The maximum Gasteiger partial charge on any atom is 0.322 e. The second-order valence-electron chi connectivity index (χ2n) is 8.65. The number of likely N-dealkylation sites (tertiary alicyclic amines) is 1. The number of anilines is 2. The molecule has 2 aliphatic heterocycles. The van der Waals surface area contributed by atoms with Gasteiger partial charge >= 0.3 is 6.03 Å². The highest BCUT2D eigenvalue weighted by molar-refractivity contribution is 9.10. The summed E-state index contributed by atoms with van der Waals surface area (Å²) in [7, 11) is 2.12. The SMILES string of the molecule is CN1CCc2cc(NC(=O)[C@H]3C4CC4CN3C(=O)Nc3ccc(Br)cc3)ccc2C1. The van der Waals surface area contributed by atoms with Crippen molar-refractivity contribution in [2.24, 2.45) is 11.8 Å². The number of halogens is 1. The van der Waals surface area contributed by atoms with Crippen molar-refractivity contribution in [3.63, 3.8) is 0 Å². The lowest BCUT2D eigenvalue weighted by molar-refractivity contribution is -0.120. The Hall–Kier alpha value is -2.38. The number of carbonyl (C=O) groups excluding carboxylic acids is 2. The number of nitrogens with zero attached hydrogens (tertiary/aromatic N) is 2. The number of piperidine rings is 1. The van der Waals surface area contributed by atoms with Crippen LogP contribution < -0.4 is 10.6 Å². The van der Waals surface area contributed by atoms with Crippen LogP contribution in [0.2, 0.25) is 0 Å². The first kappa shape index (κ1) is 19.6. The van der Waals surface area contributed by atoms with Gasteiger partial charge in [0.05, 0.1) is 0 Å². The fourth-order valence-corrected chi connectivity index (χ4v) is 4.99. The molecule has 1 aliphatic carbocycles. The zero-order chi connectivity index (χ0) is 20.8. The number of hydrogen-bond acceptors (Lipinski definition) is 3. The van der Waals surface area contributed by atoms with E-state index in [0.717, 1.165) is 41.8 Å². The third-order valence-corrected chi connectivity index (χ3v) is 6.98. The van der Waals surface area contributed by atoms with Gasteiger partial charge in [0, 0.05) is 35.5 Å². The lowest BCUT2D eigenvalue weighted by Crippen LogP contribution is -2.47. The van der Waals surface area contributed by atoms with Gasteiger partial charge in [-0.15, -0.1) is 0 Å². The van der Waals surface area contributed by atoms with Gasteiger partial charge in [-0.1, -0.05) is 22.0 Å². The van der Waals surface area contributed by atoms with Crippen molar-refractivity contribution in [3.8, 4) is 0 Å². The lowest BCUT2D eigenvalue weighted by atomic mass is 9.99. The third kappa shape index (κ3) is 3.84. The predicted octanol–water partition coefficient (Wildman–Crippen LogP) is 3.93. The quantitative estimate of drug-likeness (QED) is 0.716. The normalized spacial score (nSPS) is 24.7. The molecule has 2 fully saturated rings. The Morgan fingerprint density at radius 3 is 2.60 bits per heavy atom. The predicted molar refractivity (Wildman–Crippen MR) is 120 cm³/mol. The average Bonchev–Trinajstić information content (AvgIpc) is 3.39. The van der Waals surface area contributed by atoms with Crippen LogP contribution in [-0.2, 0) is 17.8 Å². The van der Waals surface area contributed by atoms with Gasteiger partial charge in [-0.25, -0.2) is 4.79 Å². The average molecular weight is 469 g/mol. The van der Waals surface area contributed by atoms with E-state index in [2.05, 4.69) is 50.6 Å². The van der Waals surface area contributed by atoms with Gasteiger partial charge in [0.1, 0.15) is 6.04 Å². The highest BCUT2D eigenvalue weighted by Gasteiger charge is 2.57. The van der Waals surface area contributed by atoms with Crippen LogP contribution in [0.15, 0.2) is 46.9 Å². The minimum atomic E-state index is -0.410. The molecule has 2 aromatic rings. The summed E-state index contributed by atoms with van der Waals surface area (Å²) < 4.78 is 0.955. The number of carbonyl (C=O) groups is 2. The van der Waals surface area contributed by atoms with Crippen LogP contribution >= 0.6 is 15.9 Å². The van der Waals surface area contributed by atoms with Crippen LogP contribution in [0.4, 0.5) is 16.2 Å². The number of likely N-dealkylation sites (N-methyl/N-ethyl adjacent to an activating group) is 1. The Morgan fingerprint density at radius 1 is 1.03 bits per heavy atom. The smallest absolute Gasteiger partial charge is 0.322 e. The number of amides is 3. The van der Waals surface area contributed by atoms with E-state index in [1.807, 2.05) is 30.3 Å². The van der Waals surface area contributed by atoms with E-state index in [0.29, 0.717) is 12.5 Å². The Kier molecular flexibility index (Phi) is 5.03. The van der Waals surface area contributed by atoms with Gasteiger partial charge in [0.25, 0.3) is 0 Å². The number of rotatable bonds is 3. The number of hydrogen-bond donors (Lipinski definition) is 2. The van der Waals surface area contributed by atoms with Crippen LogP contribution in [0, 0.1) is 11.8 Å². The Bertz CT molecular complexity index is 993. The van der Waals surface area contributed by atoms with Gasteiger partial charge in [-0.05, 0) is 79.3 Å². The summed E-state index contributed by atoms with van der Waals surface area (Å²) >= 11 is 3.40. The van der Waals surface area contributed by atoms with Crippen molar-refractivity contribution in [3.05, 3.63) is 58.1 Å². The second kappa shape index (κ2) is 7.71. The fourth-order valence-electron chi connectivity index (χ4n) is 4.73. The Balaban J connectivity index is 1.28. The molecule has 7 heteroatoms. The molecule has 2 unspecified atom stereocenters. The maximum atomic E-state index is 13.1. The number of benzene rings is 2. The summed E-state index contributed by atoms with van der Waals surface area (Å²) in [5.41, 5.74) is 4.16. The molecule has 2 aromatic carbocycles. The highest BCUT2D eigenvalue weighted by atomic mass is 79.9. The molecule has 2 N–H and O–H groups in total. The number of nitrogens with one attached hydrogen (secondary N) is 2. The van der Waals surface area contributed by atoms with E-state index < -0.39 is 6.04 Å². The second-order valence-corrected chi connectivity index (χ2v) is 9.57. The molecule has 6 nitrogen and oxygen atoms in total. The topological polar surface area (TPSA) is 64.7 Å². The van der Waals surface area contributed by atoms with Crippen molar-refractivity contribution in [2.75, 3.05) is 30.8 Å². The van der Waals surface area contributed by atoms with E-state index in [4.69, 9.17) is 0 Å². The van der Waals surface area contributed by atoms with E-state index in [-0.39, 0.29) is 17.9 Å². The minimum absolute atomic E-state index is 0.0844. The molecular formula is C23H25BrN4O2. The van der Waals surface area contributed by atoms with Crippen LogP contribution in [0.5, 0.6) is 0 Å². The van der Waals surface area contributed by atoms with Gasteiger partial charge < -0.3 is 20.4 Å². The van der Waals surface area contributed by atoms with Crippen molar-refractivity contribution in [2.45, 2.75) is 25.4 Å². The number of urea groups is 1. The molecule has 0 spiro atoms. The van der Waals surface area contributed by atoms with E-state index in [1.54, 1.807) is 4.90 Å². The first-order chi connectivity index (χ1) is 14.5. The van der Waals surface area contributed by atoms with Gasteiger partial charge in [0.2, 0.25) is 5.91 Å². The fraction of sp³-hybridized carbons (Fsp3) is 0.391. The van der Waals surface area contributed by atoms with Gasteiger partial charge in [0.15, 0.2) is 0 Å². The van der Waals surface area contributed by atoms with E-state index in [1.165, 1.54) is 11.1 Å². The van der Waals surface area contributed by atoms with Crippen molar-refractivity contribution in [1.82, 2.24) is 9.80 Å². The maximum absolute atomic E-state index is 13.1. The lowest BCUT2D eigenvalue weighted by Gasteiger charge is -2.28. The summed E-state index contributed by atoms with van der Waals surface area (Å²) in [4.78, 5) is 30.0. The van der Waals surface area contributed by atoms with Crippen LogP contribution in [-0.4, -0.2) is 47.9 Å². The summed E-state index contributed by atoms with van der Waals surface area (Å²) in [5, 5.41) is 6.01. The molecule has 3 aliphatic rings. The Morgan fingerprint density at radius 2 is 1.80 bits per heavy atom. The summed E-state index contributed by atoms with van der Waals surface area (Å²) in [6.07, 6.45) is 2.02. The molecule has 1 saturated heterocycles. The first-order valence-electron chi connectivity index (χ1n) is 10.4.